The van der Waals surface area contributed by atoms with E-state index in [4.69, 9.17) is 14.2 Å². The maximum absolute atomic E-state index is 13.0. The molecule has 2 N–H and O–H groups in total. The van der Waals surface area contributed by atoms with Gasteiger partial charge in [-0.05, 0) is 36.6 Å². The molecule has 1 aliphatic heterocycles. The van der Waals surface area contributed by atoms with Gasteiger partial charge in [-0.15, -0.1) is 0 Å². The van der Waals surface area contributed by atoms with Crippen molar-refractivity contribution in [2.45, 2.75) is 32.0 Å². The van der Waals surface area contributed by atoms with Crippen LogP contribution in [-0.4, -0.2) is 47.4 Å². The largest absolute Gasteiger partial charge is 0.508 e. The fraction of sp³-hybridized carbons (Fsp3) is 0.308. The number of hydrogen-bond donors (Lipinski definition) is 2. The monoisotopic (exact) mass is 463 g/mol. The van der Waals surface area contributed by atoms with Crippen molar-refractivity contribution >= 4 is 6.03 Å². The van der Waals surface area contributed by atoms with Crippen molar-refractivity contribution in [1.82, 2.24) is 15.2 Å². The van der Waals surface area contributed by atoms with E-state index in [0.29, 0.717) is 49.2 Å². The van der Waals surface area contributed by atoms with E-state index in [1.165, 1.54) is 0 Å². The van der Waals surface area contributed by atoms with Crippen LogP contribution in [0.3, 0.4) is 0 Å². The normalized spacial score (nSPS) is 15.0. The number of benzene rings is 2. The van der Waals surface area contributed by atoms with Gasteiger partial charge in [-0.1, -0.05) is 30.3 Å². The number of carbonyl (C=O) groups is 1. The molecule has 2 amide bonds. The molecule has 0 aliphatic carbocycles. The Kier molecular flexibility index (Phi) is 7.83. The Balaban J connectivity index is 1.35. The molecule has 2 aromatic carbocycles. The van der Waals surface area contributed by atoms with E-state index in [1.807, 2.05) is 36.4 Å². The first-order chi connectivity index (χ1) is 16.6. The summed E-state index contributed by atoms with van der Waals surface area (Å²) in [5.74, 6) is 1.95. The Morgan fingerprint density at radius 1 is 1.18 bits per heavy atom. The number of urea groups is 1. The van der Waals surface area contributed by atoms with Gasteiger partial charge in [0.1, 0.15) is 17.2 Å². The molecule has 0 saturated carbocycles. The fourth-order valence-electron chi connectivity index (χ4n) is 3.75. The van der Waals surface area contributed by atoms with E-state index < -0.39 is 0 Å². The van der Waals surface area contributed by atoms with Gasteiger partial charge < -0.3 is 29.5 Å². The number of hydrogen-bond acceptors (Lipinski definition) is 6. The number of aromatic nitrogens is 1. The van der Waals surface area contributed by atoms with Crippen LogP contribution in [0.1, 0.15) is 24.0 Å². The van der Waals surface area contributed by atoms with E-state index in [2.05, 4.69) is 10.3 Å². The number of amides is 2. The topological polar surface area (TPSA) is 93.2 Å². The summed E-state index contributed by atoms with van der Waals surface area (Å²) >= 11 is 0. The summed E-state index contributed by atoms with van der Waals surface area (Å²) in [6.45, 7) is 1.79. The molecule has 8 heteroatoms. The number of phenolic OH excluding ortho intramolecular Hbond substituents is 1. The number of rotatable bonds is 9. The van der Waals surface area contributed by atoms with Gasteiger partial charge >= 0.3 is 6.03 Å². The molecule has 2 heterocycles. The minimum atomic E-state index is -0.226. The molecule has 1 aromatic heterocycles. The average Bonchev–Trinajstić information content (AvgIpc) is 3.38. The molecule has 0 bridgehead atoms. The summed E-state index contributed by atoms with van der Waals surface area (Å²) in [6, 6.07) is 17.7. The van der Waals surface area contributed by atoms with Crippen molar-refractivity contribution in [3.8, 4) is 23.1 Å². The number of methoxy groups -OCH3 is 1. The lowest BCUT2D eigenvalue weighted by Gasteiger charge is -2.26. The molecule has 178 valence electrons. The molecule has 0 spiro atoms. The second-order valence-electron chi connectivity index (χ2n) is 8.09. The smallest absolute Gasteiger partial charge is 0.318 e. The summed E-state index contributed by atoms with van der Waals surface area (Å²) < 4.78 is 16.7. The van der Waals surface area contributed by atoms with Crippen molar-refractivity contribution in [2.24, 2.45) is 0 Å². The first kappa shape index (κ1) is 23.4. The molecule has 34 heavy (non-hydrogen) atoms. The Morgan fingerprint density at radius 2 is 2.03 bits per heavy atom. The van der Waals surface area contributed by atoms with Gasteiger partial charge in [0.15, 0.2) is 0 Å². The maximum atomic E-state index is 13.0. The summed E-state index contributed by atoms with van der Waals surface area (Å²) in [5.41, 5.74) is 1.53. The minimum absolute atomic E-state index is 0.00585. The molecule has 8 nitrogen and oxygen atoms in total. The second kappa shape index (κ2) is 11.4. The van der Waals surface area contributed by atoms with Crippen LogP contribution >= 0.6 is 0 Å². The number of para-hydroxylation sites is 1. The van der Waals surface area contributed by atoms with E-state index in [0.717, 1.165) is 18.4 Å². The standard InChI is InChI=1S/C26H29N3O5/c1-32-21-7-4-8-22(14-21)34-25-12-11-19(15-27-25)16-28-26(31)29(18-23-9-5-13-33-23)17-20-6-2-3-10-24(20)30/h2-4,6-8,10-12,14-15,23,30H,5,9,13,16-18H2,1H3,(H,28,31). The Bertz CT molecular complexity index is 1080. The van der Waals surface area contributed by atoms with Gasteiger partial charge in [-0.2, -0.15) is 0 Å². The van der Waals surface area contributed by atoms with Crippen LogP contribution in [0.25, 0.3) is 0 Å². The van der Waals surface area contributed by atoms with Crippen molar-refractivity contribution < 1.29 is 24.1 Å². The van der Waals surface area contributed by atoms with Crippen LogP contribution in [0.5, 0.6) is 23.1 Å². The number of phenols is 1. The van der Waals surface area contributed by atoms with Gasteiger partial charge in [0.05, 0.1) is 19.8 Å². The Labute approximate surface area is 199 Å². The van der Waals surface area contributed by atoms with Crippen LogP contribution in [-0.2, 0) is 17.8 Å². The van der Waals surface area contributed by atoms with Gasteiger partial charge in [-0.25, -0.2) is 9.78 Å². The first-order valence-electron chi connectivity index (χ1n) is 11.3. The molecule has 1 saturated heterocycles. The van der Waals surface area contributed by atoms with Crippen molar-refractivity contribution in [1.29, 1.82) is 0 Å². The molecule has 0 radical (unpaired) electrons. The Morgan fingerprint density at radius 3 is 2.76 bits per heavy atom. The van der Waals surface area contributed by atoms with E-state index in [9.17, 15) is 9.90 Å². The van der Waals surface area contributed by atoms with Gasteiger partial charge in [0.25, 0.3) is 0 Å². The quantitative estimate of drug-likeness (QED) is 0.486. The zero-order chi connectivity index (χ0) is 23.8. The molecule has 1 atom stereocenters. The average molecular weight is 464 g/mol. The zero-order valence-electron chi connectivity index (χ0n) is 19.1. The number of nitrogens with zero attached hydrogens (tertiary/aromatic N) is 2. The number of nitrogens with one attached hydrogen (secondary N) is 1. The lowest BCUT2D eigenvalue weighted by Crippen LogP contribution is -2.43. The van der Waals surface area contributed by atoms with Crippen LogP contribution < -0.4 is 14.8 Å². The summed E-state index contributed by atoms with van der Waals surface area (Å²) in [4.78, 5) is 19.0. The number of pyridine rings is 1. The molecule has 1 aliphatic rings. The van der Waals surface area contributed by atoms with E-state index in [1.54, 1.807) is 42.5 Å². The first-order valence-corrected chi connectivity index (χ1v) is 11.3. The summed E-state index contributed by atoms with van der Waals surface area (Å²) in [7, 11) is 1.60. The summed E-state index contributed by atoms with van der Waals surface area (Å²) in [5, 5.41) is 13.1. The van der Waals surface area contributed by atoms with Gasteiger partial charge in [-0.3, -0.25) is 0 Å². The molecule has 3 aromatic rings. The van der Waals surface area contributed by atoms with Crippen molar-refractivity contribution in [2.75, 3.05) is 20.3 Å². The lowest BCUT2D eigenvalue weighted by atomic mass is 10.1. The highest BCUT2D eigenvalue weighted by molar-refractivity contribution is 5.74. The zero-order valence-corrected chi connectivity index (χ0v) is 19.1. The molecule has 4 rings (SSSR count). The van der Waals surface area contributed by atoms with Crippen LogP contribution in [0.15, 0.2) is 66.9 Å². The van der Waals surface area contributed by atoms with E-state index >= 15 is 0 Å². The number of aromatic hydroxyl groups is 1. The predicted molar refractivity (Wildman–Crippen MR) is 127 cm³/mol. The highest BCUT2D eigenvalue weighted by atomic mass is 16.5. The maximum Gasteiger partial charge on any atom is 0.318 e. The predicted octanol–water partition coefficient (Wildman–Crippen LogP) is 4.48. The summed E-state index contributed by atoms with van der Waals surface area (Å²) in [6.07, 6.45) is 3.59. The van der Waals surface area contributed by atoms with Gasteiger partial charge in [0, 0.05) is 43.6 Å². The number of ether oxygens (including phenoxy) is 3. The van der Waals surface area contributed by atoms with Crippen LogP contribution in [0.2, 0.25) is 0 Å². The molecule has 1 fully saturated rings. The van der Waals surface area contributed by atoms with Crippen molar-refractivity contribution in [3.05, 3.63) is 78.0 Å². The van der Waals surface area contributed by atoms with Gasteiger partial charge in [0.2, 0.25) is 5.88 Å². The van der Waals surface area contributed by atoms with E-state index in [-0.39, 0.29) is 17.9 Å². The Hall–Kier alpha value is -3.78. The SMILES string of the molecule is COc1cccc(Oc2ccc(CNC(=O)N(Cc3ccccc3O)CC3CCCO3)cn2)c1. The van der Waals surface area contributed by atoms with Crippen LogP contribution in [0, 0.1) is 0 Å². The second-order valence-corrected chi connectivity index (χ2v) is 8.09. The van der Waals surface area contributed by atoms with Crippen molar-refractivity contribution in [3.63, 3.8) is 0 Å². The molecule has 1 unspecified atom stereocenters. The third-order valence-corrected chi connectivity index (χ3v) is 5.59. The molecular formula is C26H29N3O5. The van der Waals surface area contributed by atoms with Crippen LogP contribution in [0.4, 0.5) is 4.79 Å². The third-order valence-electron chi connectivity index (χ3n) is 5.59. The third kappa shape index (κ3) is 6.39. The molecular weight excluding hydrogens is 434 g/mol. The highest BCUT2D eigenvalue weighted by Gasteiger charge is 2.23. The fourth-order valence-corrected chi connectivity index (χ4v) is 3.75. The lowest BCUT2D eigenvalue weighted by molar-refractivity contribution is 0.0792. The minimum Gasteiger partial charge on any atom is -0.508 e. The number of carbonyl (C=O) groups excluding carboxylic acids is 1. The highest BCUT2D eigenvalue weighted by Crippen LogP contribution is 2.24.